The maximum Gasteiger partial charge on any atom is 0.335 e. The lowest BCUT2D eigenvalue weighted by Crippen LogP contribution is -2.06. The molecule has 0 aromatic heterocycles. The normalized spacial score (nSPS) is 10.0. The molecule has 0 radical (unpaired) electrons. The lowest BCUT2D eigenvalue weighted by Gasteiger charge is -2.05. The van der Waals surface area contributed by atoms with Gasteiger partial charge in [-0.2, -0.15) is 0 Å². The summed E-state index contributed by atoms with van der Waals surface area (Å²) in [6.07, 6.45) is 0. The van der Waals surface area contributed by atoms with Crippen molar-refractivity contribution < 1.29 is 19.4 Å². The lowest BCUT2D eigenvalue weighted by atomic mass is 10.1. The van der Waals surface area contributed by atoms with Crippen molar-refractivity contribution in [2.75, 3.05) is 12.4 Å². The molecule has 0 amide bonds. The molecule has 92 valence electrons. The first-order valence-electron chi connectivity index (χ1n) is 5.17. The molecule has 0 heterocycles. The van der Waals surface area contributed by atoms with Crippen LogP contribution in [0.2, 0.25) is 0 Å². The summed E-state index contributed by atoms with van der Waals surface area (Å²) in [5, 5.41) is 8.86. The average molecular weight is 254 g/mol. The minimum absolute atomic E-state index is 0.236. The van der Waals surface area contributed by atoms with E-state index >= 15 is 0 Å². The molecule has 0 atom stereocenters. The first-order valence-corrected chi connectivity index (χ1v) is 6.15. The largest absolute Gasteiger partial charge is 0.478 e. The minimum atomic E-state index is -0.940. The monoisotopic (exact) mass is 254 g/mol. The van der Waals surface area contributed by atoms with Crippen molar-refractivity contribution in [3.05, 3.63) is 29.3 Å². The predicted octanol–water partition coefficient (Wildman–Crippen LogP) is 2.35. The Morgan fingerprint density at radius 2 is 2.12 bits per heavy atom. The number of esters is 1. The number of rotatable bonds is 5. The van der Waals surface area contributed by atoms with E-state index in [0.29, 0.717) is 12.2 Å². The maximum atomic E-state index is 11.1. The van der Waals surface area contributed by atoms with Crippen molar-refractivity contribution in [3.63, 3.8) is 0 Å². The lowest BCUT2D eigenvalue weighted by molar-refractivity contribution is -0.139. The zero-order valence-electron chi connectivity index (χ0n) is 9.73. The molecule has 5 heteroatoms. The summed E-state index contributed by atoms with van der Waals surface area (Å²) >= 11 is 1.34. The van der Waals surface area contributed by atoms with E-state index in [2.05, 4.69) is 0 Å². The Labute approximate surface area is 104 Å². The maximum absolute atomic E-state index is 11.1. The molecule has 0 aliphatic heterocycles. The number of carbonyl (C=O) groups is 2. The predicted molar refractivity (Wildman–Crippen MR) is 65.5 cm³/mol. The van der Waals surface area contributed by atoms with Gasteiger partial charge in [0, 0.05) is 4.90 Å². The standard InChI is InChI=1S/C12H14O4S/c1-3-16-11(13)7-17-9-4-5-10(12(14)15)8(2)6-9/h4-6H,3,7H2,1-2H3,(H,14,15). The zero-order chi connectivity index (χ0) is 12.8. The minimum Gasteiger partial charge on any atom is -0.478 e. The van der Waals surface area contributed by atoms with Crippen molar-refractivity contribution in [2.45, 2.75) is 18.7 Å². The van der Waals surface area contributed by atoms with Crippen LogP contribution in [0.4, 0.5) is 0 Å². The van der Waals surface area contributed by atoms with E-state index in [0.717, 1.165) is 4.90 Å². The number of aromatic carboxylic acids is 1. The van der Waals surface area contributed by atoms with Gasteiger partial charge in [-0.1, -0.05) is 0 Å². The second-order valence-electron chi connectivity index (χ2n) is 3.38. The summed E-state index contributed by atoms with van der Waals surface area (Å²) in [4.78, 5) is 22.8. The van der Waals surface area contributed by atoms with Gasteiger partial charge < -0.3 is 9.84 Å². The van der Waals surface area contributed by atoms with Gasteiger partial charge in [0.05, 0.1) is 17.9 Å². The van der Waals surface area contributed by atoms with E-state index in [9.17, 15) is 9.59 Å². The van der Waals surface area contributed by atoms with Crippen LogP contribution >= 0.6 is 11.8 Å². The van der Waals surface area contributed by atoms with Crippen LogP contribution in [0.3, 0.4) is 0 Å². The third kappa shape index (κ3) is 4.11. The number of benzene rings is 1. The van der Waals surface area contributed by atoms with Gasteiger partial charge in [-0.05, 0) is 37.6 Å². The quantitative estimate of drug-likeness (QED) is 0.645. The molecule has 0 unspecified atom stereocenters. The molecule has 0 fully saturated rings. The fourth-order valence-corrected chi connectivity index (χ4v) is 2.10. The van der Waals surface area contributed by atoms with Crippen LogP contribution in [0.15, 0.2) is 23.1 Å². The van der Waals surface area contributed by atoms with Crippen LogP contribution in [-0.2, 0) is 9.53 Å². The fourth-order valence-electron chi connectivity index (χ4n) is 1.31. The van der Waals surface area contributed by atoms with Crippen molar-refractivity contribution in [1.29, 1.82) is 0 Å². The molecular weight excluding hydrogens is 240 g/mol. The summed E-state index contributed by atoms with van der Waals surface area (Å²) in [5.41, 5.74) is 0.969. The third-order valence-electron chi connectivity index (χ3n) is 2.09. The molecule has 4 nitrogen and oxygen atoms in total. The van der Waals surface area contributed by atoms with E-state index < -0.39 is 5.97 Å². The van der Waals surface area contributed by atoms with Crippen LogP contribution in [0, 0.1) is 6.92 Å². The Hall–Kier alpha value is -1.49. The molecule has 17 heavy (non-hydrogen) atoms. The number of carboxylic acid groups (broad SMARTS) is 1. The smallest absolute Gasteiger partial charge is 0.335 e. The first kappa shape index (κ1) is 13.6. The second kappa shape index (κ2) is 6.30. The molecule has 1 aromatic rings. The first-order chi connectivity index (χ1) is 8.04. The van der Waals surface area contributed by atoms with Gasteiger partial charge in [0.2, 0.25) is 0 Å². The molecule has 0 spiro atoms. The highest BCUT2D eigenvalue weighted by Gasteiger charge is 2.08. The summed E-state index contributed by atoms with van der Waals surface area (Å²) in [5.74, 6) is -0.971. The van der Waals surface area contributed by atoms with Crippen LogP contribution in [0.5, 0.6) is 0 Å². The summed E-state index contributed by atoms with van der Waals surface area (Å²) in [7, 11) is 0. The molecule has 0 saturated heterocycles. The zero-order valence-corrected chi connectivity index (χ0v) is 10.5. The number of carbonyl (C=O) groups excluding carboxylic acids is 1. The van der Waals surface area contributed by atoms with Gasteiger partial charge in [0.1, 0.15) is 0 Å². The van der Waals surface area contributed by atoms with Crippen LogP contribution < -0.4 is 0 Å². The molecule has 0 aliphatic rings. The summed E-state index contributed by atoms with van der Waals surface area (Å²) in [6, 6.07) is 5.00. The number of aryl methyl sites for hydroxylation is 1. The molecule has 1 N–H and O–H groups in total. The Balaban J connectivity index is 2.65. The molecule has 1 rings (SSSR count). The number of thioether (sulfide) groups is 1. The van der Waals surface area contributed by atoms with E-state index in [-0.39, 0.29) is 17.3 Å². The summed E-state index contributed by atoms with van der Waals surface area (Å²) in [6.45, 7) is 3.86. The Kier molecular flexibility index (Phi) is 5.03. The van der Waals surface area contributed by atoms with Crippen molar-refractivity contribution >= 4 is 23.7 Å². The van der Waals surface area contributed by atoms with Crippen LogP contribution in [-0.4, -0.2) is 29.4 Å². The number of ether oxygens (including phenoxy) is 1. The Bertz CT molecular complexity index is 429. The highest BCUT2D eigenvalue weighted by molar-refractivity contribution is 8.00. The van der Waals surface area contributed by atoms with Gasteiger partial charge in [-0.3, -0.25) is 4.79 Å². The van der Waals surface area contributed by atoms with Gasteiger partial charge >= 0.3 is 11.9 Å². The van der Waals surface area contributed by atoms with Gasteiger partial charge in [0.25, 0.3) is 0 Å². The van der Waals surface area contributed by atoms with Crippen molar-refractivity contribution in [2.24, 2.45) is 0 Å². The number of carboxylic acids is 1. The molecule has 0 saturated carbocycles. The Morgan fingerprint density at radius 3 is 2.65 bits per heavy atom. The third-order valence-corrected chi connectivity index (χ3v) is 3.06. The van der Waals surface area contributed by atoms with Gasteiger partial charge in [0.15, 0.2) is 0 Å². The summed E-state index contributed by atoms with van der Waals surface area (Å²) < 4.78 is 4.80. The van der Waals surface area contributed by atoms with Crippen LogP contribution in [0.1, 0.15) is 22.8 Å². The van der Waals surface area contributed by atoms with E-state index in [4.69, 9.17) is 9.84 Å². The van der Waals surface area contributed by atoms with Crippen molar-refractivity contribution in [3.8, 4) is 0 Å². The topological polar surface area (TPSA) is 63.6 Å². The number of hydrogen-bond acceptors (Lipinski definition) is 4. The highest BCUT2D eigenvalue weighted by atomic mass is 32.2. The molecule has 0 bridgehead atoms. The Morgan fingerprint density at radius 1 is 1.41 bits per heavy atom. The van der Waals surface area contributed by atoms with Crippen molar-refractivity contribution in [1.82, 2.24) is 0 Å². The van der Waals surface area contributed by atoms with E-state index in [1.54, 1.807) is 32.0 Å². The number of hydrogen-bond donors (Lipinski definition) is 1. The molecule has 1 aromatic carbocycles. The second-order valence-corrected chi connectivity index (χ2v) is 4.42. The van der Waals surface area contributed by atoms with E-state index in [1.807, 2.05) is 0 Å². The van der Waals surface area contributed by atoms with Gasteiger partial charge in [-0.25, -0.2) is 4.79 Å². The van der Waals surface area contributed by atoms with Crippen LogP contribution in [0.25, 0.3) is 0 Å². The highest BCUT2D eigenvalue weighted by Crippen LogP contribution is 2.21. The SMILES string of the molecule is CCOC(=O)CSc1ccc(C(=O)O)c(C)c1. The molecule has 0 aliphatic carbocycles. The average Bonchev–Trinajstić information content (AvgIpc) is 2.26. The molecular formula is C12H14O4S. The van der Waals surface area contributed by atoms with Gasteiger partial charge in [-0.15, -0.1) is 11.8 Å². The van der Waals surface area contributed by atoms with E-state index in [1.165, 1.54) is 11.8 Å². The fraction of sp³-hybridized carbons (Fsp3) is 0.333.